The van der Waals surface area contributed by atoms with Gasteiger partial charge in [-0.3, -0.25) is 9.98 Å². The molecule has 1 saturated carbocycles. The van der Waals surface area contributed by atoms with Gasteiger partial charge in [-0.05, 0) is 49.7 Å². The molecule has 1 aliphatic carbocycles. The summed E-state index contributed by atoms with van der Waals surface area (Å²) in [7, 11) is 0. The first-order valence-corrected chi connectivity index (χ1v) is 9.16. The van der Waals surface area contributed by atoms with Crippen molar-refractivity contribution in [1.82, 2.24) is 4.98 Å². The molecule has 1 aliphatic heterocycles. The van der Waals surface area contributed by atoms with Crippen molar-refractivity contribution in [2.75, 3.05) is 19.8 Å². The zero-order valence-electron chi connectivity index (χ0n) is 14.9. The molecule has 0 bridgehead atoms. The summed E-state index contributed by atoms with van der Waals surface area (Å²) >= 11 is 0. The van der Waals surface area contributed by atoms with Gasteiger partial charge in [-0.25, -0.2) is 0 Å². The maximum absolute atomic E-state index is 5.60. The Morgan fingerprint density at radius 1 is 1.36 bits per heavy atom. The molecule has 0 radical (unpaired) electrons. The van der Waals surface area contributed by atoms with Crippen LogP contribution >= 0.6 is 0 Å². The smallest absolute Gasteiger partial charge is 0.126 e. The normalized spacial score (nSPS) is 19.0. The minimum atomic E-state index is 0.586. The number of hydrogen-bond acceptors (Lipinski definition) is 5. The van der Waals surface area contributed by atoms with Crippen molar-refractivity contribution in [1.29, 1.82) is 0 Å². The summed E-state index contributed by atoms with van der Waals surface area (Å²) in [5.41, 5.74) is 3.50. The number of nitrogens with zero attached hydrogens (tertiary/aromatic N) is 3. The second-order valence-electron chi connectivity index (χ2n) is 6.69. The van der Waals surface area contributed by atoms with Crippen LogP contribution in [0.5, 0.6) is 0 Å². The highest BCUT2D eigenvalue weighted by atomic mass is 16.5. The molecule has 5 heteroatoms. The van der Waals surface area contributed by atoms with E-state index in [0.717, 1.165) is 55.8 Å². The fourth-order valence-electron chi connectivity index (χ4n) is 2.86. The van der Waals surface area contributed by atoms with Crippen LogP contribution in [0.4, 0.5) is 0 Å². The third kappa shape index (κ3) is 5.14. The van der Waals surface area contributed by atoms with E-state index in [-0.39, 0.29) is 0 Å². The lowest BCUT2D eigenvalue weighted by Gasteiger charge is -2.19. The van der Waals surface area contributed by atoms with Gasteiger partial charge < -0.3 is 10.6 Å². The van der Waals surface area contributed by atoms with Crippen LogP contribution in [-0.2, 0) is 11.2 Å². The van der Waals surface area contributed by atoms with Gasteiger partial charge in [0, 0.05) is 37.4 Å². The van der Waals surface area contributed by atoms with E-state index < -0.39 is 0 Å². The highest BCUT2D eigenvalue weighted by Crippen LogP contribution is 2.27. The van der Waals surface area contributed by atoms with Crippen molar-refractivity contribution in [3.63, 3.8) is 0 Å². The lowest BCUT2D eigenvalue weighted by Crippen LogP contribution is -2.18. The van der Waals surface area contributed by atoms with Crippen molar-refractivity contribution in [2.45, 2.75) is 39.0 Å². The van der Waals surface area contributed by atoms with Gasteiger partial charge in [0.2, 0.25) is 0 Å². The predicted octanol–water partition coefficient (Wildman–Crippen LogP) is 2.57. The van der Waals surface area contributed by atoms with E-state index in [9.17, 15) is 0 Å². The molecule has 132 valence electrons. The molecule has 25 heavy (non-hydrogen) atoms. The molecule has 1 saturated heterocycles. The molecule has 1 aromatic rings. The molecule has 2 fully saturated rings. The summed E-state index contributed by atoms with van der Waals surface area (Å²) in [5, 5.41) is 3.91. The topological polar surface area (TPSA) is 72.9 Å². The quantitative estimate of drug-likeness (QED) is 0.388. The lowest BCUT2D eigenvalue weighted by molar-refractivity contribution is 0.0690. The van der Waals surface area contributed by atoms with E-state index in [4.69, 9.17) is 10.6 Å². The third-order valence-electron chi connectivity index (χ3n) is 4.65. The van der Waals surface area contributed by atoms with Crippen LogP contribution in [0.2, 0.25) is 0 Å². The monoisotopic (exact) mass is 338 g/mol. The second-order valence-corrected chi connectivity index (χ2v) is 6.69. The van der Waals surface area contributed by atoms with Crippen LogP contribution in [0.25, 0.3) is 0 Å². The average molecular weight is 338 g/mol. The Kier molecular flexibility index (Phi) is 6.19. The van der Waals surface area contributed by atoms with Crippen molar-refractivity contribution in [2.24, 2.45) is 27.8 Å². The number of hydrazone groups is 1. The van der Waals surface area contributed by atoms with Crippen molar-refractivity contribution in [3.05, 3.63) is 29.1 Å². The van der Waals surface area contributed by atoms with Crippen molar-refractivity contribution in [3.8, 4) is 11.8 Å². The highest BCUT2D eigenvalue weighted by Gasteiger charge is 2.18. The Hall–Kier alpha value is -2.19. The average Bonchev–Trinajstić information content (AvgIpc) is 3.49. The van der Waals surface area contributed by atoms with Gasteiger partial charge in [-0.15, -0.1) is 0 Å². The van der Waals surface area contributed by atoms with E-state index in [2.05, 4.69) is 39.9 Å². The summed E-state index contributed by atoms with van der Waals surface area (Å²) in [4.78, 5) is 9.11. The Morgan fingerprint density at radius 3 is 2.84 bits per heavy atom. The zero-order chi connectivity index (χ0) is 17.5. The van der Waals surface area contributed by atoms with Crippen LogP contribution in [0, 0.1) is 23.7 Å². The first kappa shape index (κ1) is 17.6. The number of rotatable bonds is 5. The molecule has 2 aliphatic rings. The van der Waals surface area contributed by atoms with Crippen molar-refractivity contribution < 1.29 is 4.74 Å². The summed E-state index contributed by atoms with van der Waals surface area (Å²) in [6, 6.07) is 2.09. The standard InChI is InChI=1S/C20H26N4O/c1-2-18-11-17(6-5-15-3-4-15)13-23-20(18)19(24-21)14-22-12-16-7-9-25-10-8-16/h11,13-16H,2-4,7-10,12,21H2,1H3/b22-14?,24-19+. The van der Waals surface area contributed by atoms with Gasteiger partial charge in [-0.1, -0.05) is 18.8 Å². The number of aryl methyl sites for hydroxylation is 1. The predicted molar refractivity (Wildman–Crippen MR) is 101 cm³/mol. The van der Waals surface area contributed by atoms with Crippen LogP contribution in [0.15, 0.2) is 22.4 Å². The van der Waals surface area contributed by atoms with E-state index in [1.165, 1.54) is 12.8 Å². The molecule has 0 amide bonds. The largest absolute Gasteiger partial charge is 0.381 e. The van der Waals surface area contributed by atoms with E-state index in [1.807, 2.05) is 0 Å². The third-order valence-corrected chi connectivity index (χ3v) is 4.65. The van der Waals surface area contributed by atoms with Gasteiger partial charge >= 0.3 is 0 Å². The number of aromatic nitrogens is 1. The fourth-order valence-corrected chi connectivity index (χ4v) is 2.86. The summed E-state index contributed by atoms with van der Waals surface area (Å²) in [6.07, 6.45) is 9.01. The molecule has 3 rings (SSSR count). The Bertz CT molecular complexity index is 704. The fraction of sp³-hybridized carbons (Fsp3) is 0.550. The molecule has 0 spiro atoms. The number of ether oxygens (including phenoxy) is 1. The number of hydrogen-bond donors (Lipinski definition) is 1. The lowest BCUT2D eigenvalue weighted by atomic mass is 10.0. The Morgan fingerprint density at radius 2 is 2.16 bits per heavy atom. The molecule has 0 aromatic carbocycles. The maximum atomic E-state index is 5.60. The zero-order valence-corrected chi connectivity index (χ0v) is 14.9. The minimum Gasteiger partial charge on any atom is -0.381 e. The van der Waals surface area contributed by atoms with Gasteiger partial charge in [-0.2, -0.15) is 5.10 Å². The maximum Gasteiger partial charge on any atom is 0.126 e. The van der Waals surface area contributed by atoms with Crippen LogP contribution in [0.3, 0.4) is 0 Å². The van der Waals surface area contributed by atoms with Crippen molar-refractivity contribution >= 4 is 11.9 Å². The SMILES string of the molecule is CCc1cc(C#CC2CC2)cnc1/C(C=NCC1CCOCC1)=N/N. The first-order chi connectivity index (χ1) is 12.3. The van der Waals surface area contributed by atoms with Gasteiger partial charge in [0.15, 0.2) is 0 Å². The highest BCUT2D eigenvalue weighted by molar-refractivity contribution is 6.37. The number of nitrogens with two attached hydrogens (primary N) is 1. The molecule has 2 heterocycles. The molecule has 2 N–H and O–H groups in total. The van der Waals surface area contributed by atoms with Crippen LogP contribution < -0.4 is 5.84 Å². The van der Waals surface area contributed by atoms with E-state index >= 15 is 0 Å². The van der Waals surface area contributed by atoms with Gasteiger partial charge in [0.25, 0.3) is 0 Å². The van der Waals surface area contributed by atoms with Crippen LogP contribution in [-0.4, -0.2) is 36.7 Å². The second kappa shape index (κ2) is 8.77. The summed E-state index contributed by atoms with van der Waals surface area (Å²) in [6.45, 7) is 4.56. The number of pyridine rings is 1. The minimum absolute atomic E-state index is 0.586. The molecule has 5 nitrogen and oxygen atoms in total. The van der Waals surface area contributed by atoms with E-state index in [1.54, 1.807) is 12.4 Å². The number of aliphatic imine (C=N–C) groups is 1. The van der Waals surface area contributed by atoms with Crippen LogP contribution in [0.1, 0.15) is 49.4 Å². The van der Waals surface area contributed by atoms with Gasteiger partial charge in [0.1, 0.15) is 5.71 Å². The Balaban J connectivity index is 1.70. The molecular formula is C20H26N4O. The first-order valence-electron chi connectivity index (χ1n) is 9.16. The molecule has 0 unspecified atom stereocenters. The molecule has 1 aromatic heterocycles. The van der Waals surface area contributed by atoms with Gasteiger partial charge in [0.05, 0.1) is 11.9 Å². The molecular weight excluding hydrogens is 312 g/mol. The summed E-state index contributed by atoms with van der Waals surface area (Å²) in [5.74, 6) is 13.3. The Labute approximate surface area is 149 Å². The summed E-state index contributed by atoms with van der Waals surface area (Å²) < 4.78 is 5.38. The molecule has 0 atom stereocenters. The van der Waals surface area contributed by atoms with E-state index in [0.29, 0.717) is 17.5 Å².